The number of para-hydroxylation sites is 2. The van der Waals surface area contributed by atoms with Crippen LogP contribution < -0.4 is 4.57 Å². The Balaban J connectivity index is 1.53. The summed E-state index contributed by atoms with van der Waals surface area (Å²) in [6, 6.07) is 36.7. The first kappa shape index (κ1) is 29.9. The van der Waals surface area contributed by atoms with Crippen molar-refractivity contribution in [2.75, 3.05) is 0 Å². The maximum atomic E-state index is 2.61. The Morgan fingerprint density at radius 2 is 1.19 bits per heavy atom. The van der Waals surface area contributed by atoms with Gasteiger partial charge < -0.3 is 0 Å². The van der Waals surface area contributed by atoms with Gasteiger partial charge in [0.15, 0.2) is 11.0 Å². The first-order chi connectivity index (χ1) is 22.7. The number of fused-ring (bicyclic) bond motifs is 8. The van der Waals surface area contributed by atoms with Gasteiger partial charge in [0, 0.05) is 32.0 Å². The third kappa shape index (κ3) is 4.47. The molecule has 0 amide bonds. The van der Waals surface area contributed by atoms with Crippen molar-refractivity contribution in [3.63, 3.8) is 0 Å². The normalized spacial score (nSPS) is 12.4. The highest BCUT2D eigenvalue weighted by Crippen LogP contribution is 2.46. The minimum absolute atomic E-state index is 0.378. The lowest BCUT2D eigenvalue weighted by Gasteiger charge is -2.22. The predicted molar refractivity (Wildman–Crippen MR) is 205 cm³/mol. The van der Waals surface area contributed by atoms with Crippen molar-refractivity contribution < 1.29 is 4.57 Å². The summed E-state index contributed by atoms with van der Waals surface area (Å²) in [6.07, 6.45) is 0. The number of imidazole rings is 1. The predicted octanol–water partition coefficient (Wildman–Crippen LogP) is 12.5. The van der Waals surface area contributed by atoms with E-state index in [1.165, 1.54) is 92.1 Å². The minimum Gasteiger partial charge on any atom is -0.225 e. The number of benzene rings is 6. The van der Waals surface area contributed by atoms with Crippen LogP contribution in [0.2, 0.25) is 0 Å². The molecule has 2 nitrogen and oxygen atoms in total. The lowest BCUT2D eigenvalue weighted by molar-refractivity contribution is -0.633. The van der Waals surface area contributed by atoms with E-state index in [1.54, 1.807) is 0 Å². The van der Waals surface area contributed by atoms with E-state index in [0.29, 0.717) is 17.8 Å². The van der Waals surface area contributed by atoms with Crippen molar-refractivity contribution in [3.05, 3.63) is 119 Å². The maximum absolute atomic E-state index is 2.61. The van der Waals surface area contributed by atoms with Gasteiger partial charge in [0.2, 0.25) is 0 Å². The standard InChI is InChI=1S/C44H43N2S/c1-25(2)30-23-36(26(3)4)41(37(24-30)27(5)6)46-39-16-12-11-15-38(39)45(8)44(46)40-28(7)17-19-35-34-22-21-32-31-14-10-9-13-29(31)18-20-33(32)42(34)47-43(35)40/h9-27H,1-8H3/q+1. The van der Waals surface area contributed by atoms with E-state index in [2.05, 4.69) is 162 Å². The molecular formula is C44H43N2S+. The summed E-state index contributed by atoms with van der Waals surface area (Å²) in [4.78, 5) is 0. The number of thiophene rings is 1. The van der Waals surface area contributed by atoms with Gasteiger partial charge in [0.25, 0.3) is 5.82 Å². The second-order valence-corrected chi connectivity index (χ2v) is 15.3. The maximum Gasteiger partial charge on any atom is 0.296 e. The third-order valence-electron chi connectivity index (χ3n) is 10.3. The molecule has 0 unspecified atom stereocenters. The molecule has 8 aromatic rings. The van der Waals surface area contributed by atoms with Gasteiger partial charge in [0.1, 0.15) is 5.69 Å². The molecule has 0 aliphatic heterocycles. The van der Waals surface area contributed by atoms with E-state index in [-0.39, 0.29) is 0 Å². The third-order valence-corrected chi connectivity index (χ3v) is 11.6. The summed E-state index contributed by atoms with van der Waals surface area (Å²) in [5, 5.41) is 7.95. The Bertz CT molecular complexity index is 2490. The Kier molecular flexibility index (Phi) is 7.04. The largest absolute Gasteiger partial charge is 0.296 e. The second kappa shape index (κ2) is 11.1. The molecule has 2 aromatic heterocycles. The Hall–Kier alpha value is -4.47. The average Bonchev–Trinajstić information content (AvgIpc) is 3.59. The van der Waals surface area contributed by atoms with E-state index in [0.717, 1.165) is 0 Å². The summed E-state index contributed by atoms with van der Waals surface area (Å²) in [5.74, 6) is 2.47. The molecule has 0 fully saturated rings. The number of nitrogens with zero attached hydrogens (tertiary/aromatic N) is 2. The molecule has 6 aromatic carbocycles. The molecule has 0 radical (unpaired) electrons. The molecule has 3 heteroatoms. The molecule has 0 atom stereocenters. The first-order valence-corrected chi connectivity index (χ1v) is 17.9. The van der Waals surface area contributed by atoms with Gasteiger partial charge in [-0.15, -0.1) is 11.3 Å². The van der Waals surface area contributed by atoms with Crippen LogP contribution >= 0.6 is 11.3 Å². The van der Waals surface area contributed by atoms with Crippen LogP contribution in [0.25, 0.3) is 69.8 Å². The van der Waals surface area contributed by atoms with E-state index >= 15 is 0 Å². The van der Waals surface area contributed by atoms with Crippen molar-refractivity contribution in [1.82, 2.24) is 4.57 Å². The van der Waals surface area contributed by atoms with Crippen LogP contribution in [0.15, 0.2) is 97.1 Å². The van der Waals surface area contributed by atoms with Crippen molar-refractivity contribution in [2.45, 2.75) is 66.2 Å². The highest BCUT2D eigenvalue weighted by Gasteiger charge is 2.33. The van der Waals surface area contributed by atoms with Gasteiger partial charge in [-0.05, 0) is 64.1 Å². The highest BCUT2D eigenvalue weighted by molar-refractivity contribution is 7.27. The van der Waals surface area contributed by atoms with Crippen molar-refractivity contribution >= 4 is 64.1 Å². The van der Waals surface area contributed by atoms with Crippen LogP contribution in [0.4, 0.5) is 0 Å². The molecule has 0 spiro atoms. The zero-order chi connectivity index (χ0) is 32.7. The number of aryl methyl sites for hydroxylation is 2. The zero-order valence-corrected chi connectivity index (χ0v) is 29.6. The fraction of sp³-hybridized carbons (Fsp3) is 0.250. The quantitative estimate of drug-likeness (QED) is 0.132. The van der Waals surface area contributed by atoms with Crippen molar-refractivity contribution in [3.8, 4) is 17.1 Å². The number of rotatable bonds is 5. The zero-order valence-electron chi connectivity index (χ0n) is 28.8. The van der Waals surface area contributed by atoms with Gasteiger partial charge >= 0.3 is 0 Å². The molecule has 8 rings (SSSR count). The summed E-state index contributed by atoms with van der Waals surface area (Å²) >= 11 is 1.96. The van der Waals surface area contributed by atoms with Crippen LogP contribution in [-0.2, 0) is 7.05 Å². The number of aromatic nitrogens is 2. The Labute approximate surface area is 281 Å². The topological polar surface area (TPSA) is 8.81 Å². The Morgan fingerprint density at radius 3 is 1.91 bits per heavy atom. The van der Waals surface area contributed by atoms with E-state index in [1.807, 2.05) is 11.3 Å². The minimum atomic E-state index is 0.378. The Morgan fingerprint density at radius 1 is 0.596 bits per heavy atom. The fourth-order valence-electron chi connectivity index (χ4n) is 7.76. The summed E-state index contributed by atoms with van der Waals surface area (Å²) < 4.78 is 7.78. The molecule has 0 aliphatic carbocycles. The molecular weight excluding hydrogens is 589 g/mol. The summed E-state index contributed by atoms with van der Waals surface area (Å²) in [5.41, 5.74) is 10.7. The molecule has 0 aliphatic rings. The van der Waals surface area contributed by atoms with E-state index in [9.17, 15) is 0 Å². The highest BCUT2D eigenvalue weighted by atomic mass is 32.1. The van der Waals surface area contributed by atoms with E-state index in [4.69, 9.17) is 0 Å². The average molecular weight is 632 g/mol. The summed E-state index contributed by atoms with van der Waals surface area (Å²) in [7, 11) is 2.26. The van der Waals surface area contributed by atoms with Crippen LogP contribution in [0.5, 0.6) is 0 Å². The van der Waals surface area contributed by atoms with Crippen LogP contribution in [0.1, 0.15) is 81.5 Å². The molecule has 0 saturated heterocycles. The first-order valence-electron chi connectivity index (χ1n) is 17.1. The van der Waals surface area contributed by atoms with Crippen molar-refractivity contribution in [1.29, 1.82) is 0 Å². The van der Waals surface area contributed by atoms with Gasteiger partial charge in [-0.3, -0.25) is 0 Å². The SMILES string of the molecule is Cc1ccc2c(sc3c2ccc2c4ccccc4ccc23)c1-c1n(-c2c(C(C)C)cc(C(C)C)cc2C(C)C)c2ccccc2[n+]1C. The smallest absolute Gasteiger partial charge is 0.225 e. The van der Waals surface area contributed by atoms with E-state index < -0.39 is 0 Å². The molecule has 0 saturated carbocycles. The van der Waals surface area contributed by atoms with Gasteiger partial charge in [-0.1, -0.05) is 126 Å². The second-order valence-electron chi connectivity index (χ2n) is 14.3. The molecule has 0 N–H and O–H groups in total. The molecule has 0 bridgehead atoms. The molecule has 47 heavy (non-hydrogen) atoms. The monoisotopic (exact) mass is 631 g/mol. The van der Waals surface area contributed by atoms with Gasteiger partial charge in [-0.25, -0.2) is 4.57 Å². The van der Waals surface area contributed by atoms with Gasteiger partial charge in [-0.2, -0.15) is 4.57 Å². The molecule has 2 heterocycles. The van der Waals surface area contributed by atoms with Crippen LogP contribution in [0.3, 0.4) is 0 Å². The lowest BCUT2D eigenvalue weighted by atomic mass is 9.87. The van der Waals surface area contributed by atoms with Gasteiger partial charge in [0.05, 0.1) is 17.3 Å². The lowest BCUT2D eigenvalue weighted by Crippen LogP contribution is -2.30. The van der Waals surface area contributed by atoms with Crippen LogP contribution in [-0.4, -0.2) is 4.57 Å². The van der Waals surface area contributed by atoms with Crippen molar-refractivity contribution in [2.24, 2.45) is 7.05 Å². The number of hydrogen-bond acceptors (Lipinski definition) is 1. The fourth-order valence-corrected chi connectivity index (χ4v) is 9.18. The number of hydrogen-bond donors (Lipinski definition) is 0. The van der Waals surface area contributed by atoms with Crippen LogP contribution in [0, 0.1) is 6.92 Å². The molecule has 234 valence electrons. The summed E-state index contributed by atoms with van der Waals surface area (Å²) in [6.45, 7) is 16.3.